The number of aryl methyl sites for hydroxylation is 2. The molecule has 0 aliphatic heterocycles. The maximum Gasteiger partial charge on any atom is 0.189 e. The average molecular weight is 331 g/mol. The Bertz CT molecular complexity index is 905. The van der Waals surface area contributed by atoms with Crippen molar-refractivity contribution < 1.29 is 4.79 Å². The van der Waals surface area contributed by atoms with Crippen LogP contribution >= 0.6 is 22.9 Å². The maximum absolute atomic E-state index is 12.4. The molecule has 3 rings (SSSR count). The van der Waals surface area contributed by atoms with Crippen molar-refractivity contribution in [3.8, 4) is 0 Å². The summed E-state index contributed by atoms with van der Waals surface area (Å²) < 4.78 is 2.84. The van der Waals surface area contributed by atoms with Gasteiger partial charge in [-0.2, -0.15) is 5.10 Å². The minimum Gasteiger partial charge on any atom is -0.289 e. The number of carbonyl (C=O) groups is 1. The molecular formula is C17H15ClN2OS. The largest absolute Gasteiger partial charge is 0.289 e. The van der Waals surface area contributed by atoms with Gasteiger partial charge in [-0.15, -0.1) is 11.3 Å². The summed E-state index contributed by atoms with van der Waals surface area (Å²) in [5.74, 6) is -0.0448. The van der Waals surface area contributed by atoms with Crippen molar-refractivity contribution in [1.29, 1.82) is 0 Å². The van der Waals surface area contributed by atoms with Crippen LogP contribution in [-0.2, 0) is 7.05 Å². The minimum atomic E-state index is -0.0448. The van der Waals surface area contributed by atoms with E-state index in [1.165, 1.54) is 0 Å². The zero-order valence-electron chi connectivity index (χ0n) is 12.6. The molecule has 0 saturated heterocycles. The van der Waals surface area contributed by atoms with Gasteiger partial charge in [0.1, 0.15) is 0 Å². The fraction of sp³-hybridized carbons (Fsp3) is 0.176. The lowest BCUT2D eigenvalue weighted by atomic mass is 10.1. The highest BCUT2D eigenvalue weighted by atomic mass is 35.5. The summed E-state index contributed by atoms with van der Waals surface area (Å²) in [7, 11) is 1.84. The Morgan fingerprint density at radius 3 is 2.68 bits per heavy atom. The van der Waals surface area contributed by atoms with Gasteiger partial charge < -0.3 is 0 Å². The molecule has 0 fully saturated rings. The van der Waals surface area contributed by atoms with Crippen LogP contribution in [0.15, 0.2) is 30.3 Å². The van der Waals surface area contributed by atoms with Crippen LogP contribution < -0.4 is 0 Å². The number of carbonyl (C=O) groups excluding carboxylic acids is 1. The molecule has 2 aromatic heterocycles. The second-order valence-electron chi connectivity index (χ2n) is 5.14. The molecule has 3 nitrogen and oxygen atoms in total. The number of benzene rings is 1. The highest BCUT2D eigenvalue weighted by molar-refractivity contribution is 7.20. The molecule has 0 bridgehead atoms. The van der Waals surface area contributed by atoms with Crippen LogP contribution in [0.1, 0.15) is 26.6 Å². The van der Waals surface area contributed by atoms with E-state index < -0.39 is 0 Å². The Morgan fingerprint density at radius 2 is 2.05 bits per heavy atom. The van der Waals surface area contributed by atoms with Gasteiger partial charge in [0.25, 0.3) is 0 Å². The van der Waals surface area contributed by atoms with Crippen molar-refractivity contribution in [3.63, 3.8) is 0 Å². The number of allylic oxidation sites excluding steroid dienone is 1. The first-order valence-corrected chi connectivity index (χ1v) is 8.08. The van der Waals surface area contributed by atoms with E-state index >= 15 is 0 Å². The van der Waals surface area contributed by atoms with Gasteiger partial charge in [-0.3, -0.25) is 9.48 Å². The van der Waals surface area contributed by atoms with Crippen LogP contribution in [-0.4, -0.2) is 15.6 Å². The lowest BCUT2D eigenvalue weighted by Gasteiger charge is -1.96. The molecule has 0 saturated carbocycles. The van der Waals surface area contributed by atoms with Gasteiger partial charge in [-0.1, -0.05) is 29.8 Å². The maximum atomic E-state index is 12.4. The zero-order chi connectivity index (χ0) is 15.9. The summed E-state index contributed by atoms with van der Waals surface area (Å²) >= 11 is 7.97. The number of hydrogen-bond acceptors (Lipinski definition) is 3. The van der Waals surface area contributed by atoms with Crippen LogP contribution in [0.3, 0.4) is 0 Å². The monoisotopic (exact) mass is 330 g/mol. The lowest BCUT2D eigenvalue weighted by molar-refractivity contribution is 0.104. The summed E-state index contributed by atoms with van der Waals surface area (Å²) in [5.41, 5.74) is 2.28. The van der Waals surface area contributed by atoms with E-state index in [1.807, 2.05) is 45.2 Å². The molecule has 0 aliphatic rings. The molecule has 0 amide bonds. The van der Waals surface area contributed by atoms with Crippen molar-refractivity contribution in [2.24, 2.45) is 7.05 Å². The predicted octanol–water partition coefficient (Wildman–Crippen LogP) is 4.80. The lowest BCUT2D eigenvalue weighted by Crippen LogP contribution is -1.99. The Labute approximate surface area is 137 Å². The fourth-order valence-electron chi connectivity index (χ4n) is 2.51. The molecule has 0 unspecified atom stereocenters. The van der Waals surface area contributed by atoms with E-state index in [0.29, 0.717) is 10.6 Å². The van der Waals surface area contributed by atoms with Crippen LogP contribution in [0.25, 0.3) is 16.2 Å². The van der Waals surface area contributed by atoms with E-state index in [0.717, 1.165) is 26.4 Å². The summed E-state index contributed by atoms with van der Waals surface area (Å²) in [6.45, 7) is 3.74. The number of halogens is 1. The highest BCUT2D eigenvalue weighted by Gasteiger charge is 2.15. The Kier molecular flexibility index (Phi) is 3.89. The average Bonchev–Trinajstić information content (AvgIpc) is 2.94. The topological polar surface area (TPSA) is 34.9 Å². The number of fused-ring (bicyclic) bond motifs is 1. The van der Waals surface area contributed by atoms with Gasteiger partial charge in [0, 0.05) is 27.7 Å². The third kappa shape index (κ3) is 2.49. The normalized spacial score (nSPS) is 11.6. The second-order valence-corrected chi connectivity index (χ2v) is 6.61. The zero-order valence-corrected chi connectivity index (χ0v) is 14.1. The smallest absolute Gasteiger partial charge is 0.189 e. The molecule has 0 aliphatic carbocycles. The van der Waals surface area contributed by atoms with E-state index in [9.17, 15) is 4.79 Å². The van der Waals surface area contributed by atoms with Crippen molar-refractivity contribution in [1.82, 2.24) is 9.78 Å². The Morgan fingerprint density at radius 1 is 1.32 bits per heavy atom. The van der Waals surface area contributed by atoms with E-state index in [1.54, 1.807) is 28.2 Å². The van der Waals surface area contributed by atoms with Crippen LogP contribution in [0.5, 0.6) is 0 Å². The Hall–Kier alpha value is -1.91. The first-order chi connectivity index (χ1) is 10.5. The summed E-state index contributed by atoms with van der Waals surface area (Å²) in [4.78, 5) is 13.3. The molecular weight excluding hydrogens is 316 g/mol. The van der Waals surface area contributed by atoms with Gasteiger partial charge in [-0.05, 0) is 32.1 Å². The van der Waals surface area contributed by atoms with Gasteiger partial charge in [0.05, 0.1) is 16.3 Å². The van der Waals surface area contributed by atoms with E-state index in [2.05, 4.69) is 5.10 Å². The minimum absolute atomic E-state index is 0.0448. The molecule has 112 valence electrons. The Balaban J connectivity index is 1.96. The number of hydrogen-bond donors (Lipinski definition) is 0. The molecule has 0 radical (unpaired) electrons. The summed E-state index contributed by atoms with van der Waals surface area (Å²) in [5, 5.41) is 6.00. The van der Waals surface area contributed by atoms with Gasteiger partial charge >= 0.3 is 0 Å². The van der Waals surface area contributed by atoms with Crippen LogP contribution in [0.2, 0.25) is 5.02 Å². The number of thiophene rings is 1. The molecule has 3 aromatic rings. The number of ketones is 1. The molecule has 5 heteroatoms. The highest BCUT2D eigenvalue weighted by Crippen LogP contribution is 2.36. The van der Waals surface area contributed by atoms with Crippen LogP contribution in [0, 0.1) is 13.8 Å². The first kappa shape index (κ1) is 15.0. The van der Waals surface area contributed by atoms with Crippen LogP contribution in [0.4, 0.5) is 0 Å². The van der Waals surface area contributed by atoms with Crippen molar-refractivity contribution in [2.45, 2.75) is 13.8 Å². The number of aromatic nitrogens is 2. The number of rotatable bonds is 3. The van der Waals surface area contributed by atoms with Gasteiger partial charge in [0.2, 0.25) is 0 Å². The third-order valence-corrected chi connectivity index (χ3v) is 5.36. The molecule has 0 spiro atoms. The first-order valence-electron chi connectivity index (χ1n) is 6.88. The predicted molar refractivity (Wildman–Crippen MR) is 92.9 cm³/mol. The molecule has 2 heterocycles. The molecule has 1 aromatic carbocycles. The third-order valence-electron chi connectivity index (χ3n) is 3.70. The number of nitrogens with zero attached hydrogens (tertiary/aromatic N) is 2. The van der Waals surface area contributed by atoms with Gasteiger partial charge in [0.15, 0.2) is 5.78 Å². The molecule has 22 heavy (non-hydrogen) atoms. The summed E-state index contributed by atoms with van der Waals surface area (Å²) in [6, 6.07) is 7.96. The van der Waals surface area contributed by atoms with Crippen molar-refractivity contribution in [2.75, 3.05) is 0 Å². The second kappa shape index (κ2) is 5.71. The standard InChI is InChI=1S/C17H15ClN2OS/c1-10-16(11(2)20(3)19-10)13(21)8-9-15-17(18)12-6-4-5-7-14(12)22-15/h4-9H,1-3H3. The quantitative estimate of drug-likeness (QED) is 0.510. The van der Waals surface area contributed by atoms with Gasteiger partial charge in [-0.25, -0.2) is 0 Å². The fourth-order valence-corrected chi connectivity index (χ4v) is 3.90. The molecule has 0 N–H and O–H groups in total. The van der Waals surface area contributed by atoms with Crippen molar-refractivity contribution >= 4 is 44.9 Å². The van der Waals surface area contributed by atoms with E-state index in [4.69, 9.17) is 11.6 Å². The SMILES string of the molecule is Cc1nn(C)c(C)c1C(=O)C=Cc1sc2ccccc2c1Cl. The van der Waals surface area contributed by atoms with Crippen molar-refractivity contribution in [3.05, 3.63) is 57.2 Å². The molecule has 0 atom stereocenters. The van der Waals surface area contributed by atoms with E-state index in [-0.39, 0.29) is 5.78 Å². The summed E-state index contributed by atoms with van der Waals surface area (Å²) in [6.07, 6.45) is 3.37.